The lowest BCUT2D eigenvalue weighted by atomic mass is 10.1. The molecule has 6 heteroatoms. The number of hydrogen-bond acceptors (Lipinski definition) is 3. The lowest BCUT2D eigenvalue weighted by molar-refractivity contribution is 0.600. The largest absolute Gasteiger partial charge is 0.356 e. The molecule has 4 nitrogen and oxygen atoms in total. The molecule has 0 radical (unpaired) electrons. The van der Waals surface area contributed by atoms with Gasteiger partial charge in [-0.05, 0) is 23.7 Å². The lowest BCUT2D eigenvalue weighted by Gasteiger charge is -2.24. The Morgan fingerprint density at radius 2 is 1.86 bits per heavy atom. The summed E-state index contributed by atoms with van der Waals surface area (Å²) in [5, 5.41) is 6.00. The number of hydrogen-bond donors (Lipinski definition) is 1. The molecule has 0 unspecified atom stereocenters. The minimum atomic E-state index is -2.99. The van der Waals surface area contributed by atoms with E-state index in [1.807, 2.05) is 47.4 Å². The van der Waals surface area contributed by atoms with Crippen molar-refractivity contribution >= 4 is 43.6 Å². The maximum atomic E-state index is 11.9. The van der Waals surface area contributed by atoms with Crippen LogP contribution in [-0.4, -0.2) is 37.1 Å². The van der Waals surface area contributed by atoms with E-state index in [0.29, 0.717) is 5.11 Å². The first-order valence-electron chi connectivity index (χ1n) is 6.83. The number of anilines is 1. The fourth-order valence-electron chi connectivity index (χ4n) is 3.31. The Balaban J connectivity index is 1.86. The lowest BCUT2D eigenvalue weighted by Crippen LogP contribution is -2.36. The van der Waals surface area contributed by atoms with Crippen LogP contribution in [0.25, 0.3) is 10.8 Å². The molecule has 2 aromatic carbocycles. The maximum Gasteiger partial charge on any atom is 0.174 e. The summed E-state index contributed by atoms with van der Waals surface area (Å²) in [5.74, 6) is 0.326. The first-order chi connectivity index (χ1) is 10.1. The van der Waals surface area contributed by atoms with Gasteiger partial charge in [0.1, 0.15) is 0 Å². The van der Waals surface area contributed by atoms with Crippen LogP contribution in [0.5, 0.6) is 0 Å². The third-order valence-corrected chi connectivity index (χ3v) is 6.24. The van der Waals surface area contributed by atoms with Crippen LogP contribution in [0.4, 0.5) is 5.69 Å². The van der Waals surface area contributed by atoms with E-state index < -0.39 is 9.84 Å². The van der Waals surface area contributed by atoms with Crippen LogP contribution in [0.2, 0.25) is 0 Å². The van der Waals surface area contributed by atoms with E-state index in [9.17, 15) is 8.42 Å². The van der Waals surface area contributed by atoms with Crippen LogP contribution in [0, 0.1) is 0 Å². The number of sulfone groups is 1. The van der Waals surface area contributed by atoms with Crippen molar-refractivity contribution in [1.29, 1.82) is 0 Å². The Kier molecular flexibility index (Phi) is 2.74. The van der Waals surface area contributed by atoms with E-state index in [2.05, 4.69) is 5.32 Å². The molecule has 2 heterocycles. The quantitative estimate of drug-likeness (QED) is 0.811. The van der Waals surface area contributed by atoms with Crippen LogP contribution >= 0.6 is 12.2 Å². The third-order valence-electron chi connectivity index (χ3n) is 4.21. The zero-order valence-electron chi connectivity index (χ0n) is 11.2. The minimum absolute atomic E-state index is 0.0959. The Labute approximate surface area is 128 Å². The second-order valence-corrected chi connectivity index (χ2v) is 8.11. The van der Waals surface area contributed by atoms with E-state index in [-0.39, 0.29) is 23.6 Å². The van der Waals surface area contributed by atoms with Gasteiger partial charge in [-0.15, -0.1) is 0 Å². The predicted octanol–water partition coefficient (Wildman–Crippen LogP) is 1.70. The van der Waals surface area contributed by atoms with Crippen LogP contribution < -0.4 is 10.2 Å². The van der Waals surface area contributed by atoms with Gasteiger partial charge in [0.2, 0.25) is 0 Å². The molecule has 0 aliphatic carbocycles. The van der Waals surface area contributed by atoms with Crippen LogP contribution in [-0.2, 0) is 9.84 Å². The molecule has 0 aromatic heterocycles. The van der Waals surface area contributed by atoms with Crippen molar-refractivity contribution < 1.29 is 8.42 Å². The molecule has 2 aliphatic rings. The molecule has 2 aromatic rings. The van der Waals surface area contributed by atoms with Crippen LogP contribution in [0.3, 0.4) is 0 Å². The summed E-state index contributed by atoms with van der Waals surface area (Å²) in [4.78, 5) is 1.98. The average molecular weight is 318 g/mol. The maximum absolute atomic E-state index is 11.9. The first-order valence-corrected chi connectivity index (χ1v) is 9.06. The van der Waals surface area contributed by atoms with Crippen molar-refractivity contribution in [3.05, 3.63) is 42.5 Å². The standard InChI is InChI=1S/C15H14N2O2S2/c18-21(19)8-12-14(9-21)17(15(20)16-12)13-7-3-5-10-4-1-2-6-11(10)13/h1-7,12,14H,8-9H2,(H,16,20)/t12-,14+/m1/s1. The number of nitrogens with one attached hydrogen (secondary N) is 1. The Bertz CT molecular complexity index is 842. The van der Waals surface area contributed by atoms with Crippen molar-refractivity contribution in [1.82, 2.24) is 5.32 Å². The van der Waals surface area contributed by atoms with Gasteiger partial charge < -0.3 is 10.2 Å². The summed E-state index contributed by atoms with van der Waals surface area (Å²) in [7, 11) is -2.99. The van der Waals surface area contributed by atoms with E-state index in [1.165, 1.54) is 0 Å². The Hall–Kier alpha value is -1.66. The van der Waals surface area contributed by atoms with Crippen molar-refractivity contribution in [2.45, 2.75) is 12.1 Å². The molecule has 108 valence electrons. The SMILES string of the molecule is O=S1(=O)C[C@H]2NC(=S)N(c3cccc4ccccc34)[C@H]2C1. The van der Waals surface area contributed by atoms with E-state index in [0.717, 1.165) is 16.5 Å². The fourth-order valence-corrected chi connectivity index (χ4v) is 5.58. The second kappa shape index (κ2) is 4.42. The van der Waals surface area contributed by atoms with Gasteiger partial charge in [-0.25, -0.2) is 8.42 Å². The molecule has 2 aliphatic heterocycles. The van der Waals surface area contributed by atoms with E-state index in [4.69, 9.17) is 12.2 Å². The van der Waals surface area contributed by atoms with Crippen molar-refractivity contribution in [3.8, 4) is 0 Å². The average Bonchev–Trinajstić information content (AvgIpc) is 2.88. The Morgan fingerprint density at radius 1 is 1.10 bits per heavy atom. The topological polar surface area (TPSA) is 49.4 Å². The highest BCUT2D eigenvalue weighted by atomic mass is 32.2. The molecule has 0 saturated carbocycles. The summed E-state index contributed by atoms with van der Waals surface area (Å²) in [6.45, 7) is 0. The van der Waals surface area contributed by atoms with Gasteiger partial charge in [-0.2, -0.15) is 0 Å². The van der Waals surface area contributed by atoms with Gasteiger partial charge in [-0.1, -0.05) is 36.4 Å². The molecule has 2 fully saturated rings. The molecule has 4 rings (SSSR count). The number of rotatable bonds is 1. The summed E-state index contributed by atoms with van der Waals surface area (Å²) >= 11 is 5.43. The van der Waals surface area contributed by atoms with Crippen molar-refractivity contribution in [3.63, 3.8) is 0 Å². The molecule has 1 N–H and O–H groups in total. The third kappa shape index (κ3) is 2.01. The molecular weight excluding hydrogens is 304 g/mol. The highest BCUT2D eigenvalue weighted by molar-refractivity contribution is 7.91. The number of nitrogens with zero attached hydrogens (tertiary/aromatic N) is 1. The molecule has 0 spiro atoms. The predicted molar refractivity (Wildman–Crippen MR) is 88.4 cm³/mol. The summed E-state index contributed by atoms with van der Waals surface area (Å²) < 4.78 is 23.8. The van der Waals surface area contributed by atoms with Gasteiger partial charge in [0.05, 0.1) is 29.3 Å². The van der Waals surface area contributed by atoms with Gasteiger partial charge in [0, 0.05) is 5.39 Å². The molecule has 0 bridgehead atoms. The molecule has 2 saturated heterocycles. The van der Waals surface area contributed by atoms with Gasteiger partial charge in [0.25, 0.3) is 0 Å². The summed E-state index contributed by atoms with van der Waals surface area (Å²) in [6, 6.07) is 13.9. The zero-order valence-corrected chi connectivity index (χ0v) is 12.8. The molecule has 0 amide bonds. The summed E-state index contributed by atoms with van der Waals surface area (Å²) in [5.41, 5.74) is 0.982. The van der Waals surface area contributed by atoms with Crippen molar-refractivity contribution in [2.24, 2.45) is 0 Å². The highest BCUT2D eigenvalue weighted by Crippen LogP contribution is 2.34. The summed E-state index contributed by atoms with van der Waals surface area (Å²) in [6.07, 6.45) is 0. The Morgan fingerprint density at radius 3 is 2.71 bits per heavy atom. The zero-order chi connectivity index (χ0) is 14.6. The first kappa shape index (κ1) is 13.0. The molecular formula is C15H14N2O2S2. The van der Waals surface area contributed by atoms with E-state index in [1.54, 1.807) is 0 Å². The van der Waals surface area contributed by atoms with Gasteiger partial charge in [-0.3, -0.25) is 0 Å². The highest BCUT2D eigenvalue weighted by Gasteiger charge is 2.47. The number of thiocarbonyl (C=S) groups is 1. The van der Waals surface area contributed by atoms with Crippen LogP contribution in [0.1, 0.15) is 0 Å². The smallest absolute Gasteiger partial charge is 0.174 e. The van der Waals surface area contributed by atoms with Gasteiger partial charge >= 0.3 is 0 Å². The second-order valence-electron chi connectivity index (χ2n) is 5.57. The van der Waals surface area contributed by atoms with Gasteiger partial charge in [0.15, 0.2) is 14.9 Å². The minimum Gasteiger partial charge on any atom is -0.356 e. The fraction of sp³-hybridized carbons (Fsp3) is 0.267. The number of fused-ring (bicyclic) bond motifs is 2. The number of benzene rings is 2. The van der Waals surface area contributed by atoms with Crippen LogP contribution in [0.15, 0.2) is 42.5 Å². The molecule has 2 atom stereocenters. The monoisotopic (exact) mass is 318 g/mol. The van der Waals surface area contributed by atoms with Crippen molar-refractivity contribution in [2.75, 3.05) is 16.4 Å². The molecule has 21 heavy (non-hydrogen) atoms. The normalized spacial score (nSPS) is 26.9. The van der Waals surface area contributed by atoms with E-state index >= 15 is 0 Å².